The van der Waals surface area contributed by atoms with E-state index in [0.29, 0.717) is 0 Å². The Labute approximate surface area is 107 Å². The molecule has 0 unspecified atom stereocenters. The lowest BCUT2D eigenvalue weighted by atomic mass is 10.1. The molecule has 0 aromatic carbocycles. The Morgan fingerprint density at radius 2 is 1.78 bits per heavy atom. The first-order chi connectivity index (χ1) is 8.16. The van der Waals surface area contributed by atoms with E-state index in [2.05, 4.69) is 10.6 Å². The largest absolute Gasteiger partial charge is 0.481 e. The van der Waals surface area contributed by atoms with Crippen LogP contribution in [-0.2, 0) is 9.59 Å². The highest BCUT2D eigenvalue weighted by Gasteiger charge is 2.24. The first kappa shape index (κ1) is 16.4. The topological polar surface area (TPSA) is 98.7 Å². The normalized spacial score (nSPS) is 11.2. The Morgan fingerprint density at radius 3 is 2.17 bits per heavy atom. The molecule has 0 spiro atoms. The number of imide groups is 1. The van der Waals surface area contributed by atoms with Crippen molar-refractivity contribution in [3.63, 3.8) is 0 Å². The van der Waals surface area contributed by atoms with Crippen LogP contribution in [0.4, 0.5) is 4.79 Å². The number of carboxylic acid groups (broad SMARTS) is 1. The predicted molar refractivity (Wildman–Crippen MR) is 66.2 cm³/mol. The van der Waals surface area contributed by atoms with Gasteiger partial charge in [0.25, 0.3) is 0 Å². The van der Waals surface area contributed by atoms with Gasteiger partial charge in [-0.25, -0.2) is 4.79 Å². The summed E-state index contributed by atoms with van der Waals surface area (Å²) in [4.78, 5) is 34.8. The van der Waals surface area contributed by atoms with Gasteiger partial charge >= 0.3 is 12.0 Å². The smallest absolute Gasteiger partial charge is 0.321 e. The van der Waals surface area contributed by atoms with Crippen molar-refractivity contribution >= 4 is 17.9 Å². The summed E-state index contributed by atoms with van der Waals surface area (Å²) in [5.41, 5.74) is -0.352. The van der Waals surface area contributed by atoms with E-state index < -0.39 is 17.9 Å². The first-order valence-electron chi connectivity index (χ1n) is 5.65. The van der Waals surface area contributed by atoms with E-state index in [4.69, 9.17) is 5.11 Å². The standard InChI is InChI=1S/C11H21N3O4/c1-11(2,3)14(6-5-9(16)17)7-8(15)13-10(18)12-4/h5-7H2,1-4H3,(H,16,17)(H2,12,13,15,18). The van der Waals surface area contributed by atoms with Crippen molar-refractivity contribution in [2.75, 3.05) is 20.1 Å². The van der Waals surface area contributed by atoms with Crippen LogP contribution in [0, 0.1) is 0 Å². The Morgan fingerprint density at radius 1 is 1.22 bits per heavy atom. The van der Waals surface area contributed by atoms with E-state index in [9.17, 15) is 14.4 Å². The Kier molecular flexibility index (Phi) is 6.32. The fourth-order valence-corrected chi connectivity index (χ4v) is 1.28. The van der Waals surface area contributed by atoms with Gasteiger partial charge in [-0.2, -0.15) is 0 Å². The van der Waals surface area contributed by atoms with E-state index in [1.165, 1.54) is 7.05 Å². The molecule has 0 atom stereocenters. The van der Waals surface area contributed by atoms with Crippen LogP contribution in [-0.4, -0.2) is 53.6 Å². The zero-order valence-corrected chi connectivity index (χ0v) is 11.2. The van der Waals surface area contributed by atoms with Crippen LogP contribution in [0.2, 0.25) is 0 Å². The molecular weight excluding hydrogens is 238 g/mol. The van der Waals surface area contributed by atoms with Crippen LogP contribution < -0.4 is 10.6 Å². The highest BCUT2D eigenvalue weighted by atomic mass is 16.4. The molecule has 0 saturated carbocycles. The molecule has 0 saturated heterocycles. The quantitative estimate of drug-likeness (QED) is 0.646. The van der Waals surface area contributed by atoms with E-state index in [-0.39, 0.29) is 25.0 Å². The predicted octanol–water partition coefficient (Wildman–Crippen LogP) is 0.0172. The molecule has 3 N–H and O–H groups in total. The molecule has 0 aromatic heterocycles. The third-order valence-corrected chi connectivity index (χ3v) is 2.36. The maximum Gasteiger partial charge on any atom is 0.321 e. The minimum absolute atomic E-state index is 0.0236. The van der Waals surface area contributed by atoms with E-state index in [1.807, 2.05) is 20.8 Å². The summed E-state index contributed by atoms with van der Waals surface area (Å²) in [6.45, 7) is 5.86. The first-order valence-corrected chi connectivity index (χ1v) is 5.65. The number of carboxylic acids is 1. The summed E-state index contributed by atoms with van der Waals surface area (Å²) >= 11 is 0. The molecule has 0 heterocycles. The molecule has 0 aromatic rings. The maximum absolute atomic E-state index is 11.6. The van der Waals surface area contributed by atoms with Crippen LogP contribution in [0.3, 0.4) is 0 Å². The monoisotopic (exact) mass is 259 g/mol. The number of hydrogen-bond donors (Lipinski definition) is 3. The van der Waals surface area contributed by atoms with Crippen molar-refractivity contribution in [2.24, 2.45) is 0 Å². The average molecular weight is 259 g/mol. The van der Waals surface area contributed by atoms with E-state index >= 15 is 0 Å². The van der Waals surface area contributed by atoms with Gasteiger partial charge in [0.15, 0.2) is 0 Å². The highest BCUT2D eigenvalue weighted by Crippen LogP contribution is 2.13. The van der Waals surface area contributed by atoms with Crippen LogP contribution >= 0.6 is 0 Å². The van der Waals surface area contributed by atoms with Gasteiger partial charge in [0.1, 0.15) is 0 Å². The Bertz CT molecular complexity index is 323. The molecule has 0 radical (unpaired) electrons. The Balaban J connectivity index is 4.45. The molecule has 0 fully saturated rings. The lowest BCUT2D eigenvalue weighted by Crippen LogP contribution is -2.50. The number of nitrogens with one attached hydrogen (secondary N) is 2. The van der Waals surface area contributed by atoms with Crippen LogP contribution in [0.1, 0.15) is 27.2 Å². The molecule has 7 nitrogen and oxygen atoms in total. The lowest BCUT2D eigenvalue weighted by molar-refractivity contribution is -0.138. The second kappa shape index (κ2) is 6.95. The maximum atomic E-state index is 11.6. The number of urea groups is 1. The zero-order chi connectivity index (χ0) is 14.3. The number of rotatable bonds is 5. The average Bonchev–Trinajstić information content (AvgIpc) is 2.21. The highest BCUT2D eigenvalue weighted by molar-refractivity contribution is 5.95. The lowest BCUT2D eigenvalue weighted by Gasteiger charge is -2.34. The van der Waals surface area contributed by atoms with Crippen molar-refractivity contribution in [3.05, 3.63) is 0 Å². The van der Waals surface area contributed by atoms with Crippen LogP contribution in [0.25, 0.3) is 0 Å². The number of nitrogens with zero attached hydrogens (tertiary/aromatic N) is 1. The molecule has 104 valence electrons. The zero-order valence-electron chi connectivity index (χ0n) is 11.2. The molecule has 3 amide bonds. The minimum atomic E-state index is -0.920. The van der Waals surface area contributed by atoms with E-state index in [1.54, 1.807) is 4.90 Å². The van der Waals surface area contributed by atoms with Gasteiger partial charge in [0, 0.05) is 19.1 Å². The van der Waals surface area contributed by atoms with Gasteiger partial charge in [-0.1, -0.05) is 0 Å². The van der Waals surface area contributed by atoms with E-state index in [0.717, 1.165) is 0 Å². The SMILES string of the molecule is CNC(=O)NC(=O)CN(CCC(=O)O)C(C)(C)C. The third kappa shape index (κ3) is 6.85. The molecule has 18 heavy (non-hydrogen) atoms. The number of carbonyl (C=O) groups is 3. The van der Waals surface area contributed by atoms with Gasteiger partial charge in [0.05, 0.1) is 13.0 Å². The van der Waals surface area contributed by atoms with Gasteiger partial charge in [-0.3, -0.25) is 19.8 Å². The van der Waals surface area contributed by atoms with Crippen LogP contribution in [0.5, 0.6) is 0 Å². The summed E-state index contributed by atoms with van der Waals surface area (Å²) in [5.74, 6) is -1.38. The van der Waals surface area contributed by atoms with Gasteiger partial charge in [0.2, 0.25) is 5.91 Å². The summed E-state index contributed by atoms with van der Waals surface area (Å²) in [6, 6.07) is -0.577. The summed E-state index contributed by atoms with van der Waals surface area (Å²) < 4.78 is 0. The van der Waals surface area contributed by atoms with Crippen LogP contribution in [0.15, 0.2) is 0 Å². The summed E-state index contributed by atoms with van der Waals surface area (Å²) in [7, 11) is 1.41. The molecule has 0 aliphatic heterocycles. The fraction of sp³-hybridized carbons (Fsp3) is 0.727. The number of aliphatic carboxylic acids is 1. The molecule has 0 aliphatic rings. The molecular formula is C11H21N3O4. The van der Waals surface area contributed by atoms with Gasteiger partial charge in [-0.15, -0.1) is 0 Å². The number of amides is 3. The summed E-state index contributed by atoms with van der Waals surface area (Å²) in [6.07, 6.45) is -0.0511. The van der Waals surface area contributed by atoms with Crippen molar-refractivity contribution in [2.45, 2.75) is 32.7 Å². The van der Waals surface area contributed by atoms with Gasteiger partial charge < -0.3 is 10.4 Å². The van der Waals surface area contributed by atoms with Crippen molar-refractivity contribution in [1.29, 1.82) is 0 Å². The van der Waals surface area contributed by atoms with Crippen molar-refractivity contribution < 1.29 is 19.5 Å². The fourth-order valence-electron chi connectivity index (χ4n) is 1.28. The molecule has 0 bridgehead atoms. The second-order valence-electron chi connectivity index (χ2n) is 4.86. The molecule has 7 heteroatoms. The number of hydrogen-bond acceptors (Lipinski definition) is 4. The Hall–Kier alpha value is -1.63. The van der Waals surface area contributed by atoms with Crippen molar-refractivity contribution in [1.82, 2.24) is 15.5 Å². The third-order valence-electron chi connectivity index (χ3n) is 2.36. The molecule has 0 rings (SSSR count). The second-order valence-corrected chi connectivity index (χ2v) is 4.86. The molecule has 0 aliphatic carbocycles. The minimum Gasteiger partial charge on any atom is -0.481 e. The van der Waals surface area contributed by atoms with Crippen molar-refractivity contribution in [3.8, 4) is 0 Å². The number of carbonyl (C=O) groups excluding carboxylic acids is 2. The summed E-state index contributed by atoms with van der Waals surface area (Å²) in [5, 5.41) is 13.1. The van der Waals surface area contributed by atoms with Gasteiger partial charge in [-0.05, 0) is 20.8 Å².